The summed E-state index contributed by atoms with van der Waals surface area (Å²) in [5, 5.41) is 9.97. The lowest BCUT2D eigenvalue weighted by atomic mass is 9.98. The maximum atomic E-state index is 13.8. The second-order valence-corrected chi connectivity index (χ2v) is 7.71. The number of alkyl halides is 1. The van der Waals surface area contributed by atoms with E-state index in [-0.39, 0.29) is 12.2 Å². The van der Waals surface area contributed by atoms with E-state index >= 15 is 0 Å². The number of ether oxygens (including phenoxy) is 1. The predicted molar refractivity (Wildman–Crippen MR) is 103 cm³/mol. The van der Waals surface area contributed by atoms with Gasteiger partial charge in [-0.05, 0) is 50.5 Å². The van der Waals surface area contributed by atoms with Crippen molar-refractivity contribution in [2.45, 2.75) is 38.9 Å². The van der Waals surface area contributed by atoms with Gasteiger partial charge in [0.15, 0.2) is 0 Å². The minimum absolute atomic E-state index is 0.0665. The highest BCUT2D eigenvalue weighted by Crippen LogP contribution is 2.33. The molecule has 0 amide bonds. The summed E-state index contributed by atoms with van der Waals surface area (Å²) >= 11 is 6.15. The van der Waals surface area contributed by atoms with E-state index in [2.05, 4.69) is 9.88 Å². The van der Waals surface area contributed by atoms with Crippen molar-refractivity contribution in [1.29, 1.82) is 0 Å². The van der Waals surface area contributed by atoms with Gasteiger partial charge in [0.2, 0.25) is 0 Å². The van der Waals surface area contributed by atoms with E-state index in [0.29, 0.717) is 23.7 Å². The summed E-state index contributed by atoms with van der Waals surface area (Å²) in [6, 6.07) is 5.24. The molecule has 2 aromatic rings. The van der Waals surface area contributed by atoms with Crippen LogP contribution in [0.1, 0.15) is 41.8 Å². The number of benzene rings is 1. The quantitative estimate of drug-likeness (QED) is 0.783. The Bertz CT molecular complexity index is 852. The average Bonchev–Trinajstić information content (AvgIpc) is 2.60. The van der Waals surface area contributed by atoms with Crippen molar-refractivity contribution in [3.63, 3.8) is 0 Å². The van der Waals surface area contributed by atoms with Gasteiger partial charge in [-0.2, -0.15) is 0 Å². The van der Waals surface area contributed by atoms with Crippen LogP contribution < -0.4 is 9.64 Å². The van der Waals surface area contributed by atoms with Crippen molar-refractivity contribution in [3.05, 3.63) is 52.3 Å². The molecule has 5 nitrogen and oxygen atoms in total. The van der Waals surface area contributed by atoms with E-state index in [9.17, 15) is 14.3 Å². The van der Waals surface area contributed by atoms with Crippen LogP contribution in [0.4, 0.5) is 10.1 Å². The van der Waals surface area contributed by atoms with Crippen LogP contribution in [-0.4, -0.2) is 34.9 Å². The van der Waals surface area contributed by atoms with Gasteiger partial charge in [-0.25, -0.2) is 9.18 Å². The third kappa shape index (κ3) is 4.69. The van der Waals surface area contributed by atoms with Crippen molar-refractivity contribution in [3.8, 4) is 5.75 Å². The second-order valence-electron chi connectivity index (χ2n) is 7.27. The molecule has 0 unspecified atom stereocenters. The highest BCUT2D eigenvalue weighted by Gasteiger charge is 2.24. The van der Waals surface area contributed by atoms with Crippen LogP contribution in [0.2, 0.25) is 5.02 Å². The fourth-order valence-corrected chi connectivity index (χ4v) is 3.39. The van der Waals surface area contributed by atoms with E-state index in [4.69, 9.17) is 16.3 Å². The summed E-state index contributed by atoms with van der Waals surface area (Å²) < 4.78 is 19.5. The summed E-state index contributed by atoms with van der Waals surface area (Å²) in [5.41, 5.74) is 1.20. The number of rotatable bonds is 6. The first-order chi connectivity index (χ1) is 12.7. The number of halogens is 2. The first-order valence-corrected chi connectivity index (χ1v) is 9.17. The minimum atomic E-state index is -1.45. The Morgan fingerprint density at radius 2 is 2.19 bits per heavy atom. The van der Waals surface area contributed by atoms with Crippen molar-refractivity contribution in [2.24, 2.45) is 0 Å². The number of fused-ring (bicyclic) bond motifs is 1. The van der Waals surface area contributed by atoms with Crippen LogP contribution in [0, 0.1) is 0 Å². The molecule has 0 radical (unpaired) electrons. The topological polar surface area (TPSA) is 62.7 Å². The molecule has 0 saturated heterocycles. The van der Waals surface area contributed by atoms with Gasteiger partial charge in [0.25, 0.3) is 0 Å². The molecular weight excluding hydrogens is 371 g/mol. The molecule has 7 heteroatoms. The van der Waals surface area contributed by atoms with Crippen molar-refractivity contribution < 1.29 is 19.0 Å². The Labute approximate surface area is 162 Å². The van der Waals surface area contributed by atoms with E-state index in [1.807, 2.05) is 0 Å². The highest BCUT2D eigenvalue weighted by atomic mass is 35.5. The van der Waals surface area contributed by atoms with Gasteiger partial charge in [0, 0.05) is 29.9 Å². The fraction of sp³-hybridized carbons (Fsp3) is 0.400. The minimum Gasteiger partial charge on any atom is -0.490 e. The maximum absolute atomic E-state index is 13.8. The third-order valence-electron chi connectivity index (χ3n) is 4.42. The number of nitrogens with zero attached hydrogens (tertiary/aromatic N) is 2. The summed E-state index contributed by atoms with van der Waals surface area (Å²) in [7, 11) is 0. The van der Waals surface area contributed by atoms with Crippen LogP contribution in [0.15, 0.2) is 30.6 Å². The largest absolute Gasteiger partial charge is 0.490 e. The van der Waals surface area contributed by atoms with Crippen LogP contribution >= 0.6 is 11.6 Å². The molecule has 0 spiro atoms. The normalized spacial score (nSPS) is 14.0. The highest BCUT2D eigenvalue weighted by molar-refractivity contribution is 6.30. The lowest BCUT2D eigenvalue weighted by Gasteiger charge is -2.32. The molecule has 0 fully saturated rings. The van der Waals surface area contributed by atoms with Gasteiger partial charge >= 0.3 is 5.97 Å². The smallest absolute Gasteiger partial charge is 0.337 e. The first kappa shape index (κ1) is 19.4. The van der Waals surface area contributed by atoms with Gasteiger partial charge in [-0.1, -0.05) is 11.6 Å². The molecule has 0 saturated carbocycles. The van der Waals surface area contributed by atoms with Gasteiger partial charge in [0.1, 0.15) is 18.0 Å². The van der Waals surface area contributed by atoms with Crippen molar-refractivity contribution in [2.75, 3.05) is 18.1 Å². The standard InChI is InChI=1S/C20H22ClFN2O3/c1-20(2,22)12-27-18-6-5-14(21)8-13(18)11-24-7-3-4-15-16(19(25)26)9-23-10-17(15)24/h5-6,8-10H,3-4,7,11-12H2,1-2H3,(H,25,26). The molecule has 2 heterocycles. The zero-order valence-electron chi connectivity index (χ0n) is 15.3. The van der Waals surface area contributed by atoms with E-state index in [1.54, 1.807) is 24.4 Å². The molecule has 3 rings (SSSR count). The Balaban J connectivity index is 1.90. The molecule has 0 atom stereocenters. The molecule has 1 N–H and O–H groups in total. The number of carboxylic acids is 1. The number of carboxylic acid groups (broad SMARTS) is 1. The molecule has 144 valence electrons. The lowest BCUT2D eigenvalue weighted by Crippen LogP contribution is -2.30. The molecule has 1 aliphatic heterocycles. The fourth-order valence-electron chi connectivity index (χ4n) is 3.19. The van der Waals surface area contributed by atoms with E-state index < -0.39 is 11.6 Å². The maximum Gasteiger partial charge on any atom is 0.337 e. The van der Waals surface area contributed by atoms with Crippen molar-refractivity contribution >= 4 is 23.3 Å². The second kappa shape index (κ2) is 7.72. The number of carbonyl (C=O) groups is 1. The Kier molecular flexibility index (Phi) is 5.56. The van der Waals surface area contributed by atoms with Crippen LogP contribution in [0.5, 0.6) is 5.75 Å². The molecule has 1 aromatic heterocycles. The molecule has 0 bridgehead atoms. The summed E-state index contributed by atoms with van der Waals surface area (Å²) in [6.07, 6.45) is 4.62. The zero-order chi connectivity index (χ0) is 19.6. The molecular formula is C20H22ClFN2O3. The Morgan fingerprint density at radius 1 is 1.41 bits per heavy atom. The monoisotopic (exact) mass is 392 g/mol. The average molecular weight is 393 g/mol. The summed E-state index contributed by atoms with van der Waals surface area (Å²) in [4.78, 5) is 17.6. The van der Waals surface area contributed by atoms with Crippen LogP contribution in [0.3, 0.4) is 0 Å². The number of anilines is 1. The number of aromatic nitrogens is 1. The number of aromatic carboxylic acids is 1. The molecule has 27 heavy (non-hydrogen) atoms. The third-order valence-corrected chi connectivity index (χ3v) is 4.65. The predicted octanol–water partition coefficient (Wildman–Crippen LogP) is 4.51. The number of pyridine rings is 1. The molecule has 0 aliphatic carbocycles. The zero-order valence-corrected chi connectivity index (χ0v) is 16.1. The van der Waals surface area contributed by atoms with E-state index in [0.717, 1.165) is 29.8 Å². The van der Waals surface area contributed by atoms with Gasteiger partial charge in [-0.3, -0.25) is 4.98 Å². The van der Waals surface area contributed by atoms with E-state index in [1.165, 1.54) is 20.0 Å². The SMILES string of the molecule is CC(C)(F)COc1ccc(Cl)cc1CN1CCCc2c(C(=O)O)cncc21. The van der Waals surface area contributed by atoms with Crippen LogP contribution in [0.25, 0.3) is 0 Å². The molecule has 1 aliphatic rings. The molecule has 1 aromatic carbocycles. The lowest BCUT2D eigenvalue weighted by molar-refractivity contribution is 0.0695. The van der Waals surface area contributed by atoms with Crippen LogP contribution in [-0.2, 0) is 13.0 Å². The van der Waals surface area contributed by atoms with Crippen molar-refractivity contribution in [1.82, 2.24) is 4.98 Å². The Hall–Kier alpha value is -2.34. The Morgan fingerprint density at radius 3 is 2.89 bits per heavy atom. The van der Waals surface area contributed by atoms with Gasteiger partial charge in [0.05, 0.1) is 17.4 Å². The first-order valence-electron chi connectivity index (χ1n) is 8.80. The van der Waals surface area contributed by atoms with Gasteiger partial charge in [-0.15, -0.1) is 0 Å². The summed E-state index contributed by atoms with van der Waals surface area (Å²) in [5.74, 6) is -0.405. The number of hydrogen-bond donors (Lipinski definition) is 1. The number of hydrogen-bond acceptors (Lipinski definition) is 4. The summed E-state index contributed by atoms with van der Waals surface area (Å²) in [6.45, 7) is 4.09. The van der Waals surface area contributed by atoms with Gasteiger partial charge < -0.3 is 14.7 Å².